The molecule has 0 atom stereocenters. The highest BCUT2D eigenvalue weighted by Crippen LogP contribution is 2.57. The van der Waals surface area contributed by atoms with Crippen molar-refractivity contribution in [1.82, 2.24) is 0 Å². The third-order valence-electron chi connectivity index (χ3n) is 5.95. The first kappa shape index (κ1) is 27.3. The van der Waals surface area contributed by atoms with E-state index in [1.807, 2.05) is 0 Å². The van der Waals surface area contributed by atoms with E-state index in [1.165, 1.54) is 48.5 Å². The second-order valence-corrected chi connectivity index (χ2v) is 8.59. The van der Waals surface area contributed by atoms with Crippen LogP contribution in [-0.2, 0) is 5.41 Å². The van der Waals surface area contributed by atoms with Gasteiger partial charge in [-0.3, -0.25) is 0 Å². The van der Waals surface area contributed by atoms with Gasteiger partial charge in [0.05, 0.1) is 11.4 Å². The first-order chi connectivity index (χ1) is 18.2. The average Bonchev–Trinajstić information content (AvgIpc) is 2.84. The zero-order chi connectivity index (χ0) is 28.6. The van der Waals surface area contributed by atoms with Crippen molar-refractivity contribution in [2.24, 2.45) is 0 Å². The van der Waals surface area contributed by atoms with E-state index < -0.39 is 40.3 Å². The number of ether oxygens (including phenoxy) is 2. The smallest absolute Gasteiger partial charge is 0.411 e. The van der Waals surface area contributed by atoms with Crippen LogP contribution < -0.4 is 32.4 Å². The Balaban J connectivity index is 1.80. The minimum absolute atomic E-state index is 0.145. The topological polar surface area (TPSA) is 123 Å². The summed E-state index contributed by atoms with van der Waals surface area (Å²) in [7, 11) is 0. The van der Waals surface area contributed by atoms with E-state index >= 15 is 0 Å². The van der Waals surface area contributed by atoms with Crippen molar-refractivity contribution in [3.05, 3.63) is 96.1 Å². The Morgan fingerprint density at radius 3 is 1.08 bits per heavy atom. The number of anilines is 4. The predicted molar refractivity (Wildman–Crippen MR) is 136 cm³/mol. The average molecular weight is 548 g/mol. The largest absolute Gasteiger partial charge is 0.455 e. The number of halogens is 6. The highest BCUT2D eigenvalue weighted by Gasteiger charge is 2.72. The highest BCUT2D eigenvalue weighted by molar-refractivity contribution is 5.63. The summed E-state index contributed by atoms with van der Waals surface area (Å²) in [5.41, 5.74) is 16.1. The maximum Gasteiger partial charge on any atom is 0.411 e. The predicted octanol–water partition coefficient (Wildman–Crippen LogP) is 7.01. The molecule has 0 spiro atoms. The summed E-state index contributed by atoms with van der Waals surface area (Å²) >= 11 is 0. The van der Waals surface area contributed by atoms with Crippen LogP contribution in [0.15, 0.2) is 84.9 Å². The Morgan fingerprint density at radius 1 is 0.462 bits per heavy atom. The minimum Gasteiger partial charge on any atom is -0.455 e. The molecular weight excluding hydrogens is 526 g/mol. The van der Waals surface area contributed by atoms with Crippen molar-refractivity contribution in [1.29, 1.82) is 0 Å². The van der Waals surface area contributed by atoms with Crippen LogP contribution in [0.2, 0.25) is 0 Å². The van der Waals surface area contributed by atoms with E-state index in [9.17, 15) is 26.3 Å². The second kappa shape index (κ2) is 9.86. The fourth-order valence-corrected chi connectivity index (χ4v) is 4.06. The molecule has 204 valence electrons. The van der Waals surface area contributed by atoms with E-state index in [0.29, 0.717) is 35.6 Å². The maximum absolute atomic E-state index is 14.6. The fourth-order valence-electron chi connectivity index (χ4n) is 4.06. The molecule has 12 heteroatoms. The van der Waals surface area contributed by atoms with Crippen LogP contribution in [-0.4, -0.2) is 12.4 Å². The van der Waals surface area contributed by atoms with Crippen molar-refractivity contribution >= 4 is 22.7 Å². The third-order valence-corrected chi connectivity index (χ3v) is 5.95. The monoisotopic (exact) mass is 548 g/mol. The van der Waals surface area contributed by atoms with E-state index in [0.717, 1.165) is 12.1 Å². The van der Waals surface area contributed by atoms with Gasteiger partial charge < -0.3 is 32.4 Å². The van der Waals surface area contributed by atoms with Gasteiger partial charge in [0.25, 0.3) is 0 Å². The normalized spacial score (nSPS) is 12.3. The number of benzene rings is 4. The molecule has 39 heavy (non-hydrogen) atoms. The van der Waals surface area contributed by atoms with Gasteiger partial charge in [0.15, 0.2) is 0 Å². The van der Waals surface area contributed by atoms with E-state index in [4.69, 9.17) is 32.4 Å². The van der Waals surface area contributed by atoms with Gasteiger partial charge in [0, 0.05) is 11.4 Å². The molecule has 0 aliphatic rings. The van der Waals surface area contributed by atoms with Crippen molar-refractivity contribution < 1.29 is 35.8 Å². The van der Waals surface area contributed by atoms with Gasteiger partial charge in [0.2, 0.25) is 5.41 Å². The van der Waals surface area contributed by atoms with Crippen LogP contribution in [0.1, 0.15) is 11.1 Å². The van der Waals surface area contributed by atoms with E-state index in [-0.39, 0.29) is 23.0 Å². The molecule has 0 aromatic heterocycles. The molecule has 0 aliphatic heterocycles. The SMILES string of the molecule is Nc1ccc(Oc2ccc(C(c3ccc(Oc4ccc(N)cc4)c(N)c3)(C(F)(F)F)C(F)(F)F)cc2N)cc1. The first-order valence-electron chi connectivity index (χ1n) is 11.2. The Hall–Kier alpha value is -4.74. The molecule has 0 fully saturated rings. The summed E-state index contributed by atoms with van der Waals surface area (Å²) in [6.45, 7) is 0. The molecule has 4 aromatic rings. The Kier molecular flexibility index (Phi) is 6.90. The van der Waals surface area contributed by atoms with E-state index in [1.54, 1.807) is 0 Å². The van der Waals surface area contributed by atoms with Gasteiger partial charge in [-0.1, -0.05) is 12.1 Å². The lowest BCUT2D eigenvalue weighted by molar-refractivity contribution is -0.288. The lowest BCUT2D eigenvalue weighted by Gasteiger charge is -2.38. The quantitative estimate of drug-likeness (QED) is 0.152. The van der Waals surface area contributed by atoms with Gasteiger partial charge in [0.1, 0.15) is 23.0 Å². The Bertz CT molecular complexity index is 1360. The Labute approximate surface area is 218 Å². The van der Waals surface area contributed by atoms with Gasteiger partial charge in [-0.05, 0) is 83.9 Å². The summed E-state index contributed by atoms with van der Waals surface area (Å²) in [4.78, 5) is 0. The summed E-state index contributed by atoms with van der Waals surface area (Å²) < 4.78 is 98.6. The van der Waals surface area contributed by atoms with Crippen molar-refractivity contribution in [2.75, 3.05) is 22.9 Å². The first-order valence-corrected chi connectivity index (χ1v) is 11.2. The van der Waals surface area contributed by atoms with Crippen LogP contribution in [0.3, 0.4) is 0 Å². The standard InChI is InChI=1S/C27H22F6N4O2/c28-26(29,30)25(27(31,32)33,15-1-11-23(21(36)13-15)38-19-7-3-17(34)4-8-19)16-2-12-24(22(37)14-16)39-20-9-5-18(35)6-10-20/h1-14H,34-37H2. The fraction of sp³-hybridized carbons (Fsp3) is 0.111. The zero-order valence-electron chi connectivity index (χ0n) is 20.0. The number of alkyl halides is 6. The molecule has 4 aromatic carbocycles. The molecule has 0 bridgehead atoms. The number of nitrogens with two attached hydrogens (primary N) is 4. The Morgan fingerprint density at radius 2 is 0.795 bits per heavy atom. The van der Waals surface area contributed by atoms with Gasteiger partial charge in [-0.15, -0.1) is 0 Å². The van der Waals surface area contributed by atoms with Crippen LogP contribution in [0.5, 0.6) is 23.0 Å². The van der Waals surface area contributed by atoms with Gasteiger partial charge >= 0.3 is 12.4 Å². The van der Waals surface area contributed by atoms with Crippen LogP contribution in [0, 0.1) is 0 Å². The molecule has 0 radical (unpaired) electrons. The van der Waals surface area contributed by atoms with Gasteiger partial charge in [-0.25, -0.2) is 0 Å². The lowest BCUT2D eigenvalue weighted by Crippen LogP contribution is -2.54. The molecular formula is C27H22F6N4O2. The second-order valence-electron chi connectivity index (χ2n) is 8.59. The third kappa shape index (κ3) is 5.17. The number of rotatable bonds is 6. The van der Waals surface area contributed by atoms with Crippen LogP contribution >= 0.6 is 0 Å². The molecule has 0 saturated carbocycles. The maximum atomic E-state index is 14.6. The minimum atomic E-state index is -5.84. The van der Waals surface area contributed by atoms with Crippen molar-refractivity contribution in [3.63, 3.8) is 0 Å². The molecule has 0 amide bonds. The highest BCUT2D eigenvalue weighted by atomic mass is 19.4. The molecule has 6 nitrogen and oxygen atoms in total. The number of nitrogen functional groups attached to an aromatic ring is 4. The molecule has 8 N–H and O–H groups in total. The van der Waals surface area contributed by atoms with Crippen molar-refractivity contribution in [2.45, 2.75) is 17.8 Å². The van der Waals surface area contributed by atoms with E-state index in [2.05, 4.69) is 0 Å². The molecule has 0 heterocycles. The lowest BCUT2D eigenvalue weighted by atomic mass is 9.72. The van der Waals surface area contributed by atoms with Gasteiger partial charge in [-0.2, -0.15) is 26.3 Å². The molecule has 0 aliphatic carbocycles. The molecule has 0 unspecified atom stereocenters. The van der Waals surface area contributed by atoms with Crippen molar-refractivity contribution in [3.8, 4) is 23.0 Å². The van der Waals surface area contributed by atoms with Crippen LogP contribution in [0.25, 0.3) is 0 Å². The summed E-state index contributed by atoms with van der Waals surface area (Å²) in [5, 5.41) is 0. The molecule has 0 saturated heterocycles. The summed E-state index contributed by atoms with van der Waals surface area (Å²) in [6.07, 6.45) is -11.7. The zero-order valence-corrected chi connectivity index (χ0v) is 20.0. The molecule has 4 rings (SSSR count). The summed E-state index contributed by atoms with van der Waals surface area (Å²) in [5.74, 6) is 0.166. The van der Waals surface area contributed by atoms with Crippen LogP contribution in [0.4, 0.5) is 49.1 Å². The number of hydrogen-bond acceptors (Lipinski definition) is 6. The number of hydrogen-bond donors (Lipinski definition) is 4. The summed E-state index contributed by atoms with van der Waals surface area (Å²) in [6, 6.07) is 16.3.